The first-order valence-corrected chi connectivity index (χ1v) is 7.03. The van der Waals surface area contributed by atoms with Crippen molar-refractivity contribution in [1.82, 2.24) is 0 Å². The standard InChI is InChI=1S/C14H11BrClFN4/c15-9-5-2-1-4-8(9)13(18)20-21-14(19)12-10(16)6-3-7-11(12)17/h1-7H,(H2,18,20)(H2,19,21). The van der Waals surface area contributed by atoms with Crippen LogP contribution in [0.2, 0.25) is 5.02 Å². The van der Waals surface area contributed by atoms with E-state index < -0.39 is 5.82 Å². The van der Waals surface area contributed by atoms with Crippen molar-refractivity contribution in [3.05, 3.63) is 68.9 Å². The van der Waals surface area contributed by atoms with Crippen LogP contribution in [0.3, 0.4) is 0 Å². The molecule has 0 radical (unpaired) electrons. The monoisotopic (exact) mass is 368 g/mol. The highest BCUT2D eigenvalue weighted by Gasteiger charge is 2.11. The van der Waals surface area contributed by atoms with Gasteiger partial charge >= 0.3 is 0 Å². The summed E-state index contributed by atoms with van der Waals surface area (Å²) in [7, 11) is 0. The summed E-state index contributed by atoms with van der Waals surface area (Å²) in [6.45, 7) is 0. The van der Waals surface area contributed by atoms with Crippen LogP contribution < -0.4 is 11.5 Å². The molecule has 0 atom stereocenters. The van der Waals surface area contributed by atoms with Crippen molar-refractivity contribution in [3.63, 3.8) is 0 Å². The first-order valence-electron chi connectivity index (χ1n) is 5.86. The van der Waals surface area contributed by atoms with Gasteiger partial charge in [-0.05, 0) is 18.2 Å². The molecule has 2 aromatic rings. The second kappa shape index (κ2) is 6.69. The summed E-state index contributed by atoms with van der Waals surface area (Å²) in [5, 5.41) is 7.72. The van der Waals surface area contributed by atoms with Gasteiger partial charge in [-0.25, -0.2) is 4.39 Å². The maximum absolute atomic E-state index is 13.7. The Morgan fingerprint density at radius 2 is 1.67 bits per heavy atom. The van der Waals surface area contributed by atoms with Gasteiger partial charge in [-0.15, -0.1) is 10.2 Å². The van der Waals surface area contributed by atoms with Gasteiger partial charge < -0.3 is 11.5 Å². The first-order chi connectivity index (χ1) is 10.0. The van der Waals surface area contributed by atoms with Gasteiger partial charge in [-0.1, -0.05) is 51.8 Å². The number of nitrogens with two attached hydrogens (primary N) is 2. The van der Waals surface area contributed by atoms with Gasteiger partial charge in [0.1, 0.15) is 5.82 Å². The Morgan fingerprint density at radius 1 is 1.00 bits per heavy atom. The molecule has 2 aromatic carbocycles. The summed E-state index contributed by atoms with van der Waals surface area (Å²) < 4.78 is 14.4. The van der Waals surface area contributed by atoms with Crippen LogP contribution in [0.5, 0.6) is 0 Å². The summed E-state index contributed by atoms with van der Waals surface area (Å²) in [5.74, 6) is -0.565. The largest absolute Gasteiger partial charge is 0.382 e. The lowest BCUT2D eigenvalue weighted by Gasteiger charge is -2.04. The molecule has 4 nitrogen and oxygen atoms in total. The van der Waals surface area contributed by atoms with E-state index in [2.05, 4.69) is 26.1 Å². The van der Waals surface area contributed by atoms with Crippen LogP contribution in [0.25, 0.3) is 0 Å². The van der Waals surface area contributed by atoms with Gasteiger partial charge in [-0.3, -0.25) is 0 Å². The lowest BCUT2D eigenvalue weighted by Crippen LogP contribution is -2.18. The molecular weight excluding hydrogens is 359 g/mol. The SMILES string of the molecule is N/C(=N\N=C(/N)c1c(F)cccc1Cl)c1ccccc1Br. The Hall–Kier alpha value is -1.92. The third kappa shape index (κ3) is 3.59. The number of halogens is 3. The Morgan fingerprint density at radius 3 is 2.33 bits per heavy atom. The fraction of sp³-hybridized carbons (Fsp3) is 0. The predicted octanol–water partition coefficient (Wildman–Crippen LogP) is 3.27. The molecule has 0 amide bonds. The zero-order valence-corrected chi connectivity index (χ0v) is 13.1. The minimum absolute atomic E-state index is 0.00263. The number of hydrogen-bond donors (Lipinski definition) is 2. The molecule has 0 spiro atoms. The van der Waals surface area contributed by atoms with Gasteiger partial charge in [0.25, 0.3) is 0 Å². The van der Waals surface area contributed by atoms with Crippen molar-refractivity contribution >= 4 is 39.2 Å². The molecule has 2 rings (SSSR count). The number of nitrogens with zero attached hydrogens (tertiary/aromatic N) is 2. The molecule has 0 unspecified atom stereocenters. The quantitative estimate of drug-likeness (QED) is 0.495. The summed E-state index contributed by atoms with van der Waals surface area (Å²) in [4.78, 5) is 0. The number of hydrogen-bond acceptors (Lipinski definition) is 2. The van der Waals surface area contributed by atoms with Crippen molar-refractivity contribution in [2.45, 2.75) is 0 Å². The van der Waals surface area contributed by atoms with E-state index in [1.807, 2.05) is 18.2 Å². The Bertz CT molecular complexity index is 710. The van der Waals surface area contributed by atoms with Gasteiger partial charge in [0.15, 0.2) is 11.7 Å². The van der Waals surface area contributed by atoms with Gasteiger partial charge in [-0.2, -0.15) is 0 Å². The molecular formula is C14H11BrClFN4. The average molecular weight is 370 g/mol. The Balaban J connectivity index is 2.36. The van der Waals surface area contributed by atoms with E-state index in [1.165, 1.54) is 18.2 Å². The van der Waals surface area contributed by atoms with E-state index in [9.17, 15) is 4.39 Å². The summed E-state index contributed by atoms with van der Waals surface area (Å²) in [5.41, 5.74) is 12.2. The minimum Gasteiger partial charge on any atom is -0.382 e. The summed E-state index contributed by atoms with van der Waals surface area (Å²) >= 11 is 9.24. The van der Waals surface area contributed by atoms with E-state index >= 15 is 0 Å². The fourth-order valence-electron chi connectivity index (χ4n) is 1.62. The van der Waals surface area contributed by atoms with E-state index in [4.69, 9.17) is 23.1 Å². The smallest absolute Gasteiger partial charge is 0.157 e. The molecule has 0 aliphatic carbocycles. The highest BCUT2D eigenvalue weighted by atomic mass is 79.9. The number of amidine groups is 2. The predicted molar refractivity (Wildman–Crippen MR) is 87.0 cm³/mol. The molecule has 0 saturated carbocycles. The van der Waals surface area contributed by atoms with E-state index in [1.54, 1.807) is 6.07 Å². The minimum atomic E-state index is -0.571. The molecule has 0 aliphatic rings. The zero-order chi connectivity index (χ0) is 15.4. The number of benzene rings is 2. The van der Waals surface area contributed by atoms with Crippen LogP contribution in [0.1, 0.15) is 11.1 Å². The fourth-order valence-corrected chi connectivity index (χ4v) is 2.37. The molecule has 7 heteroatoms. The molecule has 108 valence electrons. The highest BCUT2D eigenvalue weighted by molar-refractivity contribution is 9.10. The summed E-state index contributed by atoms with van der Waals surface area (Å²) in [6, 6.07) is 11.5. The third-order valence-electron chi connectivity index (χ3n) is 2.63. The second-order valence-corrected chi connectivity index (χ2v) is 5.31. The Labute approximate surface area is 134 Å². The normalized spacial score (nSPS) is 12.5. The van der Waals surface area contributed by atoms with Gasteiger partial charge in [0.2, 0.25) is 0 Å². The average Bonchev–Trinajstić information content (AvgIpc) is 2.45. The molecule has 0 heterocycles. The lowest BCUT2D eigenvalue weighted by atomic mass is 10.2. The summed E-state index contributed by atoms with van der Waals surface area (Å²) in [6.07, 6.45) is 0. The highest BCUT2D eigenvalue weighted by Crippen LogP contribution is 2.19. The second-order valence-electron chi connectivity index (χ2n) is 4.05. The van der Waals surface area contributed by atoms with Crippen molar-refractivity contribution in [2.24, 2.45) is 21.7 Å². The van der Waals surface area contributed by atoms with Crippen LogP contribution in [0.15, 0.2) is 57.1 Å². The van der Waals surface area contributed by atoms with E-state index in [0.717, 1.165) is 4.47 Å². The van der Waals surface area contributed by atoms with Crippen LogP contribution in [-0.4, -0.2) is 11.7 Å². The van der Waals surface area contributed by atoms with Crippen LogP contribution in [0, 0.1) is 5.82 Å². The molecule has 0 fully saturated rings. The zero-order valence-electron chi connectivity index (χ0n) is 10.7. The van der Waals surface area contributed by atoms with Crippen molar-refractivity contribution in [3.8, 4) is 0 Å². The van der Waals surface area contributed by atoms with Crippen molar-refractivity contribution in [1.29, 1.82) is 0 Å². The molecule has 0 saturated heterocycles. The van der Waals surface area contributed by atoms with Gasteiger partial charge in [0, 0.05) is 10.0 Å². The molecule has 4 N–H and O–H groups in total. The van der Waals surface area contributed by atoms with Crippen LogP contribution >= 0.6 is 27.5 Å². The van der Waals surface area contributed by atoms with Crippen LogP contribution in [0.4, 0.5) is 4.39 Å². The molecule has 0 aromatic heterocycles. The van der Waals surface area contributed by atoms with Crippen molar-refractivity contribution < 1.29 is 4.39 Å². The molecule has 0 bridgehead atoms. The maximum Gasteiger partial charge on any atom is 0.157 e. The van der Waals surface area contributed by atoms with Crippen LogP contribution in [-0.2, 0) is 0 Å². The topological polar surface area (TPSA) is 76.8 Å². The van der Waals surface area contributed by atoms with Crippen molar-refractivity contribution in [2.75, 3.05) is 0 Å². The lowest BCUT2D eigenvalue weighted by molar-refractivity contribution is 0.625. The van der Waals surface area contributed by atoms with Gasteiger partial charge in [0.05, 0.1) is 10.6 Å². The number of rotatable bonds is 3. The van der Waals surface area contributed by atoms with E-state index in [0.29, 0.717) is 5.56 Å². The third-order valence-corrected chi connectivity index (χ3v) is 3.64. The first kappa shape index (κ1) is 15.5. The van der Waals surface area contributed by atoms with E-state index in [-0.39, 0.29) is 22.3 Å². The molecule has 0 aliphatic heterocycles. The maximum atomic E-state index is 13.7. The molecule has 21 heavy (non-hydrogen) atoms. The Kier molecular flexibility index (Phi) is 4.93.